The van der Waals surface area contributed by atoms with Crippen LogP contribution in [0.3, 0.4) is 0 Å². The van der Waals surface area contributed by atoms with Gasteiger partial charge in [0.1, 0.15) is 5.75 Å². The molecular weight excluding hydrogens is 318 g/mol. The third kappa shape index (κ3) is 3.53. The van der Waals surface area contributed by atoms with Gasteiger partial charge in [0.05, 0.1) is 17.5 Å². The van der Waals surface area contributed by atoms with Crippen molar-refractivity contribution in [2.75, 3.05) is 13.1 Å². The van der Waals surface area contributed by atoms with E-state index in [4.69, 9.17) is 5.73 Å². The third-order valence-corrected chi connectivity index (χ3v) is 3.96. The topological polar surface area (TPSA) is 84.2 Å². The highest BCUT2D eigenvalue weighted by Gasteiger charge is 2.25. The van der Waals surface area contributed by atoms with Gasteiger partial charge in [0, 0.05) is 24.7 Å². The van der Waals surface area contributed by atoms with Gasteiger partial charge in [-0.25, -0.2) is 0 Å². The lowest BCUT2D eigenvalue weighted by Gasteiger charge is -2.30. The molecule has 8 heteroatoms. The molecule has 0 radical (unpaired) electrons. The number of ether oxygens (including phenoxy) is 1. The molecule has 1 aliphatic heterocycles. The van der Waals surface area contributed by atoms with Crippen LogP contribution < -0.4 is 10.5 Å². The van der Waals surface area contributed by atoms with Crippen molar-refractivity contribution in [3.8, 4) is 17.0 Å². The molecule has 0 saturated carbocycles. The number of rotatable bonds is 4. The maximum Gasteiger partial charge on any atom is 0.387 e. The quantitative estimate of drug-likeness (QED) is 0.897. The van der Waals surface area contributed by atoms with Gasteiger partial charge in [0.25, 0.3) is 5.91 Å². The Morgan fingerprint density at radius 1 is 1.46 bits per heavy atom. The molecule has 1 atom stereocenters. The van der Waals surface area contributed by atoms with Gasteiger partial charge in [-0.1, -0.05) is 12.1 Å². The van der Waals surface area contributed by atoms with Gasteiger partial charge in [-0.15, -0.1) is 0 Å². The summed E-state index contributed by atoms with van der Waals surface area (Å²) >= 11 is 0. The molecule has 2 aromatic rings. The Kier molecular flexibility index (Phi) is 4.75. The van der Waals surface area contributed by atoms with E-state index in [1.165, 1.54) is 18.3 Å². The summed E-state index contributed by atoms with van der Waals surface area (Å²) in [6.45, 7) is -1.76. The number of likely N-dealkylation sites (tertiary alicyclic amines) is 1. The standard InChI is InChI=1S/C16H18F2N4O2/c17-16(18)24-12-5-1-3-10(7-12)14-13(8-20-21-14)15(23)22-6-2-4-11(19)9-22/h1,3,5,7-8,11,16H,2,4,6,9,19H2,(H,20,21). The molecular formula is C16H18F2N4O2. The van der Waals surface area contributed by atoms with Crippen molar-refractivity contribution in [3.05, 3.63) is 36.0 Å². The van der Waals surface area contributed by atoms with Crippen LogP contribution in [-0.2, 0) is 0 Å². The molecule has 0 bridgehead atoms. The fourth-order valence-corrected chi connectivity index (χ4v) is 2.86. The number of halogens is 2. The minimum Gasteiger partial charge on any atom is -0.435 e. The van der Waals surface area contributed by atoms with Crippen molar-refractivity contribution < 1.29 is 18.3 Å². The van der Waals surface area contributed by atoms with Gasteiger partial charge in [0.2, 0.25) is 0 Å². The summed E-state index contributed by atoms with van der Waals surface area (Å²) in [4.78, 5) is 14.4. The van der Waals surface area contributed by atoms with Gasteiger partial charge < -0.3 is 15.4 Å². The van der Waals surface area contributed by atoms with Crippen LogP contribution in [0.5, 0.6) is 5.75 Å². The highest BCUT2D eigenvalue weighted by molar-refractivity contribution is 5.99. The smallest absolute Gasteiger partial charge is 0.387 e. The zero-order valence-electron chi connectivity index (χ0n) is 12.9. The van der Waals surface area contributed by atoms with Crippen LogP contribution in [-0.4, -0.2) is 46.7 Å². The summed E-state index contributed by atoms with van der Waals surface area (Å²) < 4.78 is 29.1. The van der Waals surface area contributed by atoms with E-state index < -0.39 is 6.61 Å². The van der Waals surface area contributed by atoms with E-state index in [-0.39, 0.29) is 17.7 Å². The van der Waals surface area contributed by atoms with E-state index in [0.717, 1.165) is 12.8 Å². The van der Waals surface area contributed by atoms with E-state index in [2.05, 4.69) is 14.9 Å². The van der Waals surface area contributed by atoms with Crippen molar-refractivity contribution in [3.63, 3.8) is 0 Å². The number of nitrogens with two attached hydrogens (primary N) is 1. The fraction of sp³-hybridized carbons (Fsp3) is 0.375. The van der Waals surface area contributed by atoms with Crippen LogP contribution in [0.2, 0.25) is 0 Å². The molecule has 0 aliphatic carbocycles. The third-order valence-electron chi connectivity index (χ3n) is 3.96. The Balaban J connectivity index is 1.86. The first-order valence-electron chi connectivity index (χ1n) is 7.68. The monoisotopic (exact) mass is 336 g/mol. The lowest BCUT2D eigenvalue weighted by molar-refractivity contribution is -0.0498. The minimum atomic E-state index is -2.90. The number of aromatic amines is 1. The Labute approximate surface area is 137 Å². The molecule has 3 N–H and O–H groups in total. The second kappa shape index (κ2) is 6.96. The number of hydrogen-bond donors (Lipinski definition) is 2. The summed E-state index contributed by atoms with van der Waals surface area (Å²) in [6.07, 6.45) is 3.20. The highest BCUT2D eigenvalue weighted by Crippen LogP contribution is 2.27. The van der Waals surface area contributed by atoms with E-state index >= 15 is 0 Å². The molecule has 1 amide bonds. The first-order chi connectivity index (χ1) is 11.5. The summed E-state index contributed by atoms with van der Waals surface area (Å²) in [5.74, 6) is -0.149. The molecule has 1 aliphatic rings. The minimum absolute atomic E-state index is 0.0236. The predicted molar refractivity (Wildman–Crippen MR) is 83.8 cm³/mol. The van der Waals surface area contributed by atoms with Gasteiger partial charge in [-0.3, -0.25) is 9.89 Å². The Hall–Kier alpha value is -2.48. The molecule has 1 unspecified atom stereocenters. The summed E-state index contributed by atoms with van der Waals surface area (Å²) in [7, 11) is 0. The van der Waals surface area contributed by atoms with Gasteiger partial charge in [-0.2, -0.15) is 13.9 Å². The largest absolute Gasteiger partial charge is 0.435 e. The highest BCUT2D eigenvalue weighted by atomic mass is 19.3. The zero-order chi connectivity index (χ0) is 17.1. The van der Waals surface area contributed by atoms with Crippen molar-refractivity contribution in [1.82, 2.24) is 15.1 Å². The van der Waals surface area contributed by atoms with Gasteiger partial charge >= 0.3 is 6.61 Å². The molecule has 1 saturated heterocycles. The normalized spacial score (nSPS) is 18.0. The zero-order valence-corrected chi connectivity index (χ0v) is 12.9. The van der Waals surface area contributed by atoms with Gasteiger partial charge in [0.15, 0.2) is 0 Å². The molecule has 1 aromatic heterocycles. The fourth-order valence-electron chi connectivity index (χ4n) is 2.86. The molecule has 6 nitrogen and oxygen atoms in total. The van der Waals surface area contributed by atoms with Crippen LogP contribution in [0, 0.1) is 0 Å². The summed E-state index contributed by atoms with van der Waals surface area (Å²) in [6, 6.07) is 6.12. The summed E-state index contributed by atoms with van der Waals surface area (Å²) in [5, 5.41) is 6.69. The molecule has 3 rings (SSSR count). The number of nitrogens with one attached hydrogen (secondary N) is 1. The second-order valence-corrected chi connectivity index (χ2v) is 5.72. The van der Waals surface area contributed by atoms with Crippen LogP contribution in [0.15, 0.2) is 30.5 Å². The van der Waals surface area contributed by atoms with Crippen LogP contribution >= 0.6 is 0 Å². The number of amides is 1. The van der Waals surface area contributed by atoms with Crippen molar-refractivity contribution in [1.29, 1.82) is 0 Å². The average Bonchev–Trinajstić information content (AvgIpc) is 3.03. The summed E-state index contributed by atoms with van der Waals surface area (Å²) in [5.41, 5.74) is 7.34. The maximum atomic E-state index is 12.7. The molecule has 24 heavy (non-hydrogen) atoms. The number of carbonyl (C=O) groups excluding carboxylic acids is 1. The van der Waals surface area contributed by atoms with Crippen LogP contribution in [0.25, 0.3) is 11.3 Å². The van der Waals surface area contributed by atoms with Crippen molar-refractivity contribution in [2.24, 2.45) is 5.73 Å². The first kappa shape index (κ1) is 16.4. The number of carbonyl (C=O) groups is 1. The molecule has 128 valence electrons. The number of alkyl halides is 2. The van der Waals surface area contributed by atoms with Crippen LogP contribution in [0.4, 0.5) is 8.78 Å². The van der Waals surface area contributed by atoms with E-state index in [0.29, 0.717) is 29.9 Å². The van der Waals surface area contributed by atoms with Gasteiger partial charge in [-0.05, 0) is 25.0 Å². The molecule has 2 heterocycles. The number of nitrogens with zero attached hydrogens (tertiary/aromatic N) is 2. The SMILES string of the molecule is NC1CCCN(C(=O)c2cn[nH]c2-c2cccc(OC(F)F)c2)C1. The van der Waals surface area contributed by atoms with E-state index in [1.54, 1.807) is 17.0 Å². The number of aromatic nitrogens is 2. The number of hydrogen-bond acceptors (Lipinski definition) is 4. The van der Waals surface area contributed by atoms with E-state index in [9.17, 15) is 13.6 Å². The molecule has 1 fully saturated rings. The Bertz CT molecular complexity index is 720. The number of piperidine rings is 1. The van der Waals surface area contributed by atoms with E-state index in [1.807, 2.05) is 0 Å². The second-order valence-electron chi connectivity index (χ2n) is 5.72. The van der Waals surface area contributed by atoms with Crippen molar-refractivity contribution >= 4 is 5.91 Å². The van der Waals surface area contributed by atoms with Crippen LogP contribution in [0.1, 0.15) is 23.2 Å². The first-order valence-corrected chi connectivity index (χ1v) is 7.68. The Morgan fingerprint density at radius 3 is 3.04 bits per heavy atom. The lowest BCUT2D eigenvalue weighted by atomic mass is 10.0. The van der Waals surface area contributed by atoms with Crippen molar-refractivity contribution in [2.45, 2.75) is 25.5 Å². The average molecular weight is 336 g/mol. The predicted octanol–water partition coefficient (Wildman–Crippen LogP) is 2.24. The molecule has 0 spiro atoms. The number of benzene rings is 1. The molecule has 1 aromatic carbocycles. The number of H-pyrrole nitrogens is 1. The lowest BCUT2D eigenvalue weighted by Crippen LogP contribution is -2.45. The Morgan fingerprint density at radius 2 is 2.29 bits per heavy atom. The maximum absolute atomic E-state index is 12.7.